The third kappa shape index (κ3) is 7.09. The van der Waals surface area contributed by atoms with Crippen molar-refractivity contribution in [2.75, 3.05) is 6.54 Å². The number of hydrogen-bond donors (Lipinski definition) is 0. The SMILES string of the molecule is O=[N+]([O-])CC(Br)(Br)I. The highest BCUT2D eigenvalue weighted by atomic mass is 127. The predicted molar refractivity (Wildman–Crippen MR) is 46.5 cm³/mol. The summed E-state index contributed by atoms with van der Waals surface area (Å²) in [5.41, 5.74) is 0. The fourth-order valence-corrected chi connectivity index (χ4v) is 0.834. The minimum Gasteiger partial charge on any atom is -0.264 e. The van der Waals surface area contributed by atoms with Gasteiger partial charge in [0.1, 0.15) is 0 Å². The Hall–Kier alpha value is 1.09. The summed E-state index contributed by atoms with van der Waals surface area (Å²) >= 11 is 7.97. The molecule has 0 aromatic carbocycles. The Morgan fingerprint density at radius 3 is 2.12 bits per heavy atom. The van der Waals surface area contributed by atoms with Gasteiger partial charge in [-0.25, -0.2) is 0 Å². The average Bonchev–Trinajstić information content (AvgIpc) is 1.21. The maximum Gasteiger partial charge on any atom is 0.237 e. The summed E-state index contributed by atoms with van der Waals surface area (Å²) in [5.74, 6) is 0. The van der Waals surface area contributed by atoms with Crippen LogP contribution in [0, 0.1) is 10.1 Å². The van der Waals surface area contributed by atoms with Crippen LogP contribution in [0.1, 0.15) is 0 Å². The Bertz CT molecular complexity index is 101. The van der Waals surface area contributed by atoms with Crippen molar-refractivity contribution in [2.24, 2.45) is 0 Å². The van der Waals surface area contributed by atoms with Crippen molar-refractivity contribution in [3.05, 3.63) is 10.1 Å². The second-order valence-electron chi connectivity index (χ2n) is 1.11. The zero-order chi connectivity index (χ0) is 6.78. The lowest BCUT2D eigenvalue weighted by molar-refractivity contribution is -0.476. The van der Waals surface area contributed by atoms with Gasteiger partial charge < -0.3 is 0 Å². The molecule has 0 amide bonds. The van der Waals surface area contributed by atoms with Gasteiger partial charge in [0.2, 0.25) is 6.54 Å². The maximum atomic E-state index is 9.76. The van der Waals surface area contributed by atoms with E-state index in [9.17, 15) is 10.1 Å². The molecule has 0 fully saturated rings. The normalized spacial score (nSPS) is 11.4. The van der Waals surface area contributed by atoms with E-state index in [2.05, 4.69) is 31.9 Å². The molecule has 0 saturated heterocycles. The third-order valence-electron chi connectivity index (χ3n) is 0.308. The van der Waals surface area contributed by atoms with Gasteiger partial charge in [-0.15, -0.1) is 0 Å². The summed E-state index contributed by atoms with van der Waals surface area (Å²) in [6.07, 6.45) is 0. The predicted octanol–water partition coefficient (Wildman–Crippen LogP) is 2.14. The monoisotopic (exact) mass is 357 g/mol. The molecule has 0 rings (SSSR count). The number of nitro groups is 1. The molecule has 0 spiro atoms. The number of nitrogens with zero attached hydrogens (tertiary/aromatic N) is 1. The van der Waals surface area contributed by atoms with Gasteiger partial charge in [-0.1, -0.05) is 31.9 Å². The smallest absolute Gasteiger partial charge is 0.237 e. The van der Waals surface area contributed by atoms with Gasteiger partial charge in [0.05, 0.1) is 0 Å². The van der Waals surface area contributed by atoms with E-state index in [1.165, 1.54) is 0 Å². The molecule has 48 valence electrons. The number of hydrogen-bond acceptors (Lipinski definition) is 2. The van der Waals surface area contributed by atoms with Crippen molar-refractivity contribution < 1.29 is 4.92 Å². The van der Waals surface area contributed by atoms with E-state index in [0.29, 0.717) is 0 Å². The van der Waals surface area contributed by atoms with E-state index in [4.69, 9.17) is 0 Å². The Morgan fingerprint density at radius 2 is 2.12 bits per heavy atom. The van der Waals surface area contributed by atoms with Crippen LogP contribution in [-0.4, -0.2) is 12.7 Å². The first-order valence-corrected chi connectivity index (χ1v) is 4.27. The van der Waals surface area contributed by atoms with Crippen LogP contribution in [-0.2, 0) is 0 Å². The van der Waals surface area contributed by atoms with Gasteiger partial charge in [-0.3, -0.25) is 10.1 Å². The van der Waals surface area contributed by atoms with Crippen molar-refractivity contribution in [1.82, 2.24) is 0 Å². The first-order valence-electron chi connectivity index (χ1n) is 1.60. The van der Waals surface area contributed by atoms with Crippen LogP contribution in [0.25, 0.3) is 0 Å². The fourth-order valence-electron chi connectivity index (χ4n) is 0.146. The van der Waals surface area contributed by atoms with Crippen LogP contribution in [0.2, 0.25) is 0 Å². The van der Waals surface area contributed by atoms with Crippen LogP contribution >= 0.6 is 54.5 Å². The Labute approximate surface area is 76.8 Å². The van der Waals surface area contributed by atoms with Crippen molar-refractivity contribution in [3.63, 3.8) is 0 Å². The molecule has 0 aromatic heterocycles. The quantitative estimate of drug-likeness (QED) is 0.328. The van der Waals surface area contributed by atoms with Crippen molar-refractivity contribution >= 4 is 54.5 Å². The number of alkyl halides is 3. The zero-order valence-electron chi connectivity index (χ0n) is 3.60. The molecule has 6 heteroatoms. The summed E-state index contributed by atoms with van der Waals surface area (Å²) in [7, 11) is 0. The van der Waals surface area contributed by atoms with E-state index in [0.717, 1.165) is 0 Å². The standard InChI is InChI=1S/C2H2Br2INO2/c3-2(4,5)1-6(7)8/h1H2. The molecule has 0 N–H and O–H groups in total. The van der Waals surface area contributed by atoms with Gasteiger partial charge in [0.25, 0.3) is 0 Å². The van der Waals surface area contributed by atoms with Gasteiger partial charge in [-0.2, -0.15) is 0 Å². The lowest BCUT2D eigenvalue weighted by Gasteiger charge is -2.02. The lowest BCUT2D eigenvalue weighted by Crippen LogP contribution is -2.15. The van der Waals surface area contributed by atoms with Crippen LogP contribution in [0.3, 0.4) is 0 Å². The second kappa shape index (κ2) is 3.31. The van der Waals surface area contributed by atoms with E-state index in [1.54, 1.807) is 0 Å². The highest BCUT2D eigenvalue weighted by molar-refractivity contribution is 14.1. The number of rotatable bonds is 2. The second-order valence-corrected chi connectivity index (χ2v) is 9.68. The molecule has 8 heavy (non-hydrogen) atoms. The molecular formula is C2H2Br2INO2. The van der Waals surface area contributed by atoms with Crippen LogP contribution in [0.5, 0.6) is 0 Å². The third-order valence-corrected chi connectivity index (χ3v) is 1.15. The average molecular weight is 359 g/mol. The van der Waals surface area contributed by atoms with Gasteiger partial charge in [-0.05, 0) is 22.6 Å². The van der Waals surface area contributed by atoms with Crippen molar-refractivity contribution in [1.29, 1.82) is 0 Å². The first-order chi connectivity index (χ1) is 3.42. The van der Waals surface area contributed by atoms with Gasteiger partial charge in [0.15, 0.2) is 1.24 Å². The van der Waals surface area contributed by atoms with Gasteiger partial charge >= 0.3 is 0 Å². The summed E-state index contributed by atoms with van der Waals surface area (Å²) in [6.45, 7) is -0.131. The summed E-state index contributed by atoms with van der Waals surface area (Å²) in [6, 6.07) is 0. The Balaban J connectivity index is 3.55. The van der Waals surface area contributed by atoms with Crippen LogP contribution < -0.4 is 0 Å². The summed E-state index contributed by atoms with van der Waals surface area (Å²) < 4.78 is -0.582. The van der Waals surface area contributed by atoms with Gasteiger partial charge in [0, 0.05) is 4.92 Å². The van der Waals surface area contributed by atoms with Crippen LogP contribution in [0.4, 0.5) is 0 Å². The summed E-state index contributed by atoms with van der Waals surface area (Å²) in [4.78, 5) is 9.36. The molecule has 0 saturated carbocycles. The van der Waals surface area contributed by atoms with E-state index < -0.39 is 6.16 Å². The molecule has 0 aromatic rings. The van der Waals surface area contributed by atoms with E-state index in [-0.39, 0.29) is 6.54 Å². The largest absolute Gasteiger partial charge is 0.264 e. The molecule has 0 bridgehead atoms. The molecule has 0 aliphatic carbocycles. The van der Waals surface area contributed by atoms with Crippen molar-refractivity contribution in [2.45, 2.75) is 1.24 Å². The molecule has 0 atom stereocenters. The molecule has 0 heterocycles. The first kappa shape index (κ1) is 9.09. The van der Waals surface area contributed by atoms with E-state index in [1.807, 2.05) is 22.6 Å². The minimum atomic E-state index is -0.582. The Kier molecular flexibility index (Phi) is 3.76. The molecular weight excluding hydrogens is 357 g/mol. The highest BCUT2D eigenvalue weighted by Gasteiger charge is 2.24. The fraction of sp³-hybridized carbons (Fsp3) is 1.00. The molecule has 0 unspecified atom stereocenters. The minimum absolute atomic E-state index is 0.131. The molecule has 0 radical (unpaired) electrons. The topological polar surface area (TPSA) is 43.1 Å². The lowest BCUT2D eigenvalue weighted by atomic mass is 10.8. The number of halogens is 3. The highest BCUT2D eigenvalue weighted by Crippen LogP contribution is 2.33. The zero-order valence-corrected chi connectivity index (χ0v) is 8.93. The molecule has 0 aliphatic rings. The Morgan fingerprint density at radius 1 is 1.75 bits per heavy atom. The van der Waals surface area contributed by atoms with E-state index >= 15 is 0 Å². The molecule has 0 aliphatic heterocycles. The summed E-state index contributed by atoms with van der Waals surface area (Å²) in [5, 5.41) is 9.76. The maximum absolute atomic E-state index is 9.76. The molecule has 3 nitrogen and oxygen atoms in total. The van der Waals surface area contributed by atoms with Crippen LogP contribution in [0.15, 0.2) is 0 Å². The van der Waals surface area contributed by atoms with Crippen molar-refractivity contribution in [3.8, 4) is 0 Å².